The summed E-state index contributed by atoms with van der Waals surface area (Å²) in [7, 11) is 0. The Morgan fingerprint density at radius 2 is 2.00 bits per heavy atom. The van der Waals surface area contributed by atoms with E-state index in [2.05, 4.69) is 44.8 Å². The molecular formula is C14H30N2. The Balaban J connectivity index is 2.54. The van der Waals surface area contributed by atoms with E-state index in [1.54, 1.807) is 0 Å². The van der Waals surface area contributed by atoms with Crippen LogP contribution < -0.4 is 5.32 Å². The number of rotatable bonds is 5. The second kappa shape index (κ2) is 6.61. The molecule has 0 aromatic carbocycles. The Morgan fingerprint density at radius 1 is 1.31 bits per heavy atom. The molecule has 1 N–H and O–H groups in total. The summed E-state index contributed by atoms with van der Waals surface area (Å²) < 4.78 is 0. The lowest BCUT2D eigenvalue weighted by Crippen LogP contribution is -2.59. The van der Waals surface area contributed by atoms with Crippen molar-refractivity contribution in [3.63, 3.8) is 0 Å². The van der Waals surface area contributed by atoms with Crippen LogP contribution in [0.3, 0.4) is 0 Å². The van der Waals surface area contributed by atoms with Crippen LogP contribution in [0.2, 0.25) is 0 Å². The van der Waals surface area contributed by atoms with Crippen LogP contribution in [0.4, 0.5) is 0 Å². The summed E-state index contributed by atoms with van der Waals surface area (Å²) in [4.78, 5) is 2.71. The molecule has 2 heteroatoms. The average Bonchev–Trinajstić information content (AvgIpc) is 2.29. The highest BCUT2D eigenvalue weighted by atomic mass is 15.2. The van der Waals surface area contributed by atoms with E-state index >= 15 is 0 Å². The van der Waals surface area contributed by atoms with E-state index in [1.165, 1.54) is 25.8 Å². The minimum absolute atomic E-state index is 0.695. The molecule has 4 atom stereocenters. The molecule has 0 radical (unpaired) electrons. The van der Waals surface area contributed by atoms with E-state index in [-0.39, 0.29) is 0 Å². The minimum Gasteiger partial charge on any atom is -0.311 e. The fourth-order valence-electron chi connectivity index (χ4n) is 2.77. The highest BCUT2D eigenvalue weighted by molar-refractivity contribution is 4.88. The normalized spacial score (nSPS) is 31.3. The molecule has 1 heterocycles. The van der Waals surface area contributed by atoms with Crippen molar-refractivity contribution in [2.45, 2.75) is 72.0 Å². The third kappa shape index (κ3) is 3.46. The Morgan fingerprint density at radius 3 is 2.56 bits per heavy atom. The van der Waals surface area contributed by atoms with Crippen LogP contribution >= 0.6 is 0 Å². The molecule has 0 saturated carbocycles. The number of hydrogen-bond acceptors (Lipinski definition) is 2. The van der Waals surface area contributed by atoms with Crippen molar-refractivity contribution in [3.8, 4) is 0 Å². The largest absolute Gasteiger partial charge is 0.311 e. The molecule has 1 aliphatic heterocycles. The lowest BCUT2D eigenvalue weighted by molar-refractivity contribution is 0.0780. The maximum absolute atomic E-state index is 3.70. The SMILES string of the molecule is CCCC(C)N1CC(C(C)CC)NCC1C. The van der Waals surface area contributed by atoms with Gasteiger partial charge in [-0.1, -0.05) is 33.6 Å². The van der Waals surface area contributed by atoms with E-state index in [4.69, 9.17) is 0 Å². The van der Waals surface area contributed by atoms with Crippen LogP contribution in [0.1, 0.15) is 53.9 Å². The zero-order chi connectivity index (χ0) is 12.1. The molecule has 2 nitrogen and oxygen atoms in total. The Kier molecular flexibility index (Phi) is 5.77. The summed E-state index contributed by atoms with van der Waals surface area (Å²) in [5.41, 5.74) is 0. The first kappa shape index (κ1) is 14.0. The molecule has 1 aliphatic rings. The highest BCUT2D eigenvalue weighted by Crippen LogP contribution is 2.19. The van der Waals surface area contributed by atoms with Gasteiger partial charge in [-0.05, 0) is 26.2 Å². The molecular weight excluding hydrogens is 196 g/mol. The third-order valence-corrected chi connectivity index (χ3v) is 4.25. The Bertz CT molecular complexity index is 193. The van der Waals surface area contributed by atoms with E-state index < -0.39 is 0 Å². The number of nitrogens with zero attached hydrogens (tertiary/aromatic N) is 1. The second-order valence-corrected chi connectivity index (χ2v) is 5.58. The molecule has 0 amide bonds. The van der Waals surface area contributed by atoms with Crippen molar-refractivity contribution in [2.24, 2.45) is 5.92 Å². The summed E-state index contributed by atoms with van der Waals surface area (Å²) in [5.74, 6) is 0.795. The van der Waals surface area contributed by atoms with Gasteiger partial charge in [-0.15, -0.1) is 0 Å². The Hall–Kier alpha value is -0.0800. The van der Waals surface area contributed by atoms with Crippen molar-refractivity contribution < 1.29 is 0 Å². The second-order valence-electron chi connectivity index (χ2n) is 5.58. The maximum atomic E-state index is 3.70. The van der Waals surface area contributed by atoms with Crippen LogP contribution in [0.15, 0.2) is 0 Å². The fourth-order valence-corrected chi connectivity index (χ4v) is 2.77. The smallest absolute Gasteiger partial charge is 0.0221 e. The minimum atomic E-state index is 0.695. The van der Waals surface area contributed by atoms with Crippen LogP contribution in [0.5, 0.6) is 0 Å². The first-order valence-electron chi connectivity index (χ1n) is 7.09. The fraction of sp³-hybridized carbons (Fsp3) is 1.00. The molecule has 0 bridgehead atoms. The van der Waals surface area contributed by atoms with Crippen LogP contribution in [-0.2, 0) is 0 Å². The zero-order valence-electron chi connectivity index (χ0n) is 11.8. The first-order chi connectivity index (χ1) is 7.60. The van der Waals surface area contributed by atoms with Crippen LogP contribution in [0, 0.1) is 5.92 Å². The highest BCUT2D eigenvalue weighted by Gasteiger charge is 2.29. The van der Waals surface area contributed by atoms with Gasteiger partial charge in [0, 0.05) is 31.2 Å². The van der Waals surface area contributed by atoms with Crippen molar-refractivity contribution >= 4 is 0 Å². The molecule has 0 aliphatic carbocycles. The van der Waals surface area contributed by atoms with Gasteiger partial charge in [-0.3, -0.25) is 4.90 Å². The lowest BCUT2D eigenvalue weighted by Gasteiger charge is -2.44. The summed E-state index contributed by atoms with van der Waals surface area (Å²) >= 11 is 0. The van der Waals surface area contributed by atoms with Crippen LogP contribution in [-0.4, -0.2) is 36.1 Å². The predicted molar refractivity (Wildman–Crippen MR) is 71.8 cm³/mol. The van der Waals surface area contributed by atoms with Gasteiger partial charge in [0.05, 0.1) is 0 Å². The number of hydrogen-bond donors (Lipinski definition) is 1. The maximum Gasteiger partial charge on any atom is 0.0221 e. The third-order valence-electron chi connectivity index (χ3n) is 4.25. The lowest BCUT2D eigenvalue weighted by atomic mass is 9.94. The molecule has 1 saturated heterocycles. The molecule has 4 unspecified atom stereocenters. The van der Waals surface area contributed by atoms with Gasteiger partial charge in [0.25, 0.3) is 0 Å². The topological polar surface area (TPSA) is 15.3 Å². The molecule has 16 heavy (non-hydrogen) atoms. The van der Waals surface area contributed by atoms with Gasteiger partial charge >= 0.3 is 0 Å². The van der Waals surface area contributed by atoms with E-state index in [0.29, 0.717) is 12.1 Å². The quantitative estimate of drug-likeness (QED) is 0.775. The molecule has 0 aromatic rings. The predicted octanol–water partition coefficient (Wildman–Crippen LogP) is 2.88. The monoisotopic (exact) mass is 226 g/mol. The summed E-state index contributed by atoms with van der Waals surface area (Å²) in [6.07, 6.45) is 3.91. The number of nitrogens with one attached hydrogen (secondary N) is 1. The molecule has 1 fully saturated rings. The van der Waals surface area contributed by atoms with Gasteiger partial charge in [-0.25, -0.2) is 0 Å². The summed E-state index contributed by atoms with van der Waals surface area (Å²) in [6.45, 7) is 14.1. The van der Waals surface area contributed by atoms with Gasteiger partial charge < -0.3 is 5.32 Å². The van der Waals surface area contributed by atoms with Gasteiger partial charge in [0.2, 0.25) is 0 Å². The van der Waals surface area contributed by atoms with E-state index in [0.717, 1.165) is 18.5 Å². The van der Waals surface area contributed by atoms with E-state index in [1.807, 2.05) is 0 Å². The summed E-state index contributed by atoms with van der Waals surface area (Å²) in [6, 6.07) is 2.14. The zero-order valence-corrected chi connectivity index (χ0v) is 11.8. The van der Waals surface area contributed by atoms with Crippen molar-refractivity contribution in [1.29, 1.82) is 0 Å². The first-order valence-corrected chi connectivity index (χ1v) is 7.09. The summed E-state index contributed by atoms with van der Waals surface area (Å²) in [5, 5.41) is 3.70. The van der Waals surface area contributed by atoms with Gasteiger partial charge in [0.15, 0.2) is 0 Å². The average molecular weight is 226 g/mol. The van der Waals surface area contributed by atoms with Crippen molar-refractivity contribution in [3.05, 3.63) is 0 Å². The van der Waals surface area contributed by atoms with Crippen molar-refractivity contribution in [1.82, 2.24) is 10.2 Å². The molecule has 1 rings (SSSR count). The number of piperazine rings is 1. The van der Waals surface area contributed by atoms with Gasteiger partial charge in [0.1, 0.15) is 0 Å². The molecule has 96 valence electrons. The van der Waals surface area contributed by atoms with Crippen molar-refractivity contribution in [2.75, 3.05) is 13.1 Å². The molecule has 0 aromatic heterocycles. The molecule has 0 spiro atoms. The van der Waals surface area contributed by atoms with Gasteiger partial charge in [-0.2, -0.15) is 0 Å². The Labute approximate surface area is 102 Å². The standard InChI is InChI=1S/C14H30N2/c1-6-8-12(4)16-10-14(11(3)7-2)15-9-13(16)5/h11-15H,6-10H2,1-5H3. The van der Waals surface area contributed by atoms with Crippen LogP contribution in [0.25, 0.3) is 0 Å². The van der Waals surface area contributed by atoms with E-state index in [9.17, 15) is 0 Å².